The Hall–Kier alpha value is -1.33. The summed E-state index contributed by atoms with van der Waals surface area (Å²) in [4.78, 5) is 18.5. The first-order valence-electron chi connectivity index (χ1n) is 7.33. The molecule has 116 valence electrons. The lowest BCUT2D eigenvalue weighted by Gasteiger charge is -2.27. The molecule has 5 nitrogen and oxygen atoms in total. The van der Waals surface area contributed by atoms with E-state index in [4.69, 9.17) is 16.3 Å². The van der Waals surface area contributed by atoms with Crippen molar-refractivity contribution in [1.29, 1.82) is 0 Å². The number of anilines is 1. The van der Waals surface area contributed by atoms with Crippen molar-refractivity contribution in [2.75, 3.05) is 25.5 Å². The lowest BCUT2D eigenvalue weighted by molar-refractivity contribution is 0.0574. The average molecular weight is 312 g/mol. The highest BCUT2D eigenvalue weighted by Gasteiger charge is 2.31. The van der Waals surface area contributed by atoms with E-state index in [2.05, 4.69) is 17.2 Å². The van der Waals surface area contributed by atoms with E-state index in [1.54, 1.807) is 17.0 Å². The van der Waals surface area contributed by atoms with Crippen LogP contribution in [-0.2, 0) is 4.74 Å². The van der Waals surface area contributed by atoms with Crippen LogP contribution in [0.5, 0.6) is 0 Å². The molecular weight excluding hydrogens is 290 g/mol. The number of amides is 1. The van der Waals surface area contributed by atoms with E-state index in [9.17, 15) is 4.79 Å². The zero-order valence-corrected chi connectivity index (χ0v) is 13.5. The van der Waals surface area contributed by atoms with Gasteiger partial charge in [0, 0.05) is 25.8 Å². The summed E-state index contributed by atoms with van der Waals surface area (Å²) in [5, 5.41) is 3.48. The number of hydrogen-bond donors (Lipinski definition) is 1. The van der Waals surface area contributed by atoms with Gasteiger partial charge in [-0.15, -0.1) is 0 Å². The lowest BCUT2D eigenvalue weighted by atomic mass is 10.1. The van der Waals surface area contributed by atoms with Crippen LogP contribution in [0.4, 0.5) is 5.82 Å². The summed E-state index contributed by atoms with van der Waals surface area (Å²) in [5.74, 6) is 0.581. The van der Waals surface area contributed by atoms with Crippen LogP contribution in [0.15, 0.2) is 12.1 Å². The van der Waals surface area contributed by atoms with Gasteiger partial charge in [0.05, 0.1) is 12.1 Å². The number of aromatic nitrogens is 1. The molecule has 0 aliphatic carbocycles. The summed E-state index contributed by atoms with van der Waals surface area (Å²) in [6.45, 7) is 5.56. The molecule has 0 aromatic carbocycles. The van der Waals surface area contributed by atoms with E-state index in [0.717, 1.165) is 19.4 Å². The summed E-state index contributed by atoms with van der Waals surface area (Å²) in [5.41, 5.74) is 0.551. The molecule has 0 bridgehead atoms. The van der Waals surface area contributed by atoms with E-state index in [-0.39, 0.29) is 18.1 Å². The zero-order chi connectivity index (χ0) is 15.4. The number of carbonyl (C=O) groups excluding carboxylic acids is 1. The number of pyridine rings is 1. The van der Waals surface area contributed by atoms with Gasteiger partial charge in [-0.2, -0.15) is 0 Å². The van der Waals surface area contributed by atoms with Crippen LogP contribution in [0.25, 0.3) is 0 Å². The molecule has 1 aromatic rings. The third-order valence-corrected chi connectivity index (χ3v) is 3.94. The molecule has 2 unspecified atom stereocenters. The van der Waals surface area contributed by atoms with Crippen LogP contribution in [0.1, 0.15) is 37.0 Å². The Balaban J connectivity index is 2.16. The molecule has 1 N–H and O–H groups in total. The number of carbonyl (C=O) groups is 1. The van der Waals surface area contributed by atoms with Crippen LogP contribution in [0, 0.1) is 0 Å². The summed E-state index contributed by atoms with van der Waals surface area (Å²) in [7, 11) is 1.81. The summed E-state index contributed by atoms with van der Waals surface area (Å²) >= 11 is 6.02. The summed E-state index contributed by atoms with van der Waals surface area (Å²) < 4.78 is 5.53. The van der Waals surface area contributed by atoms with E-state index >= 15 is 0 Å². The first-order valence-corrected chi connectivity index (χ1v) is 7.71. The molecule has 1 aliphatic rings. The van der Waals surface area contributed by atoms with Gasteiger partial charge >= 0.3 is 0 Å². The third-order valence-electron chi connectivity index (χ3n) is 3.75. The van der Waals surface area contributed by atoms with Gasteiger partial charge in [-0.1, -0.05) is 18.5 Å². The fraction of sp³-hybridized carbons (Fsp3) is 0.600. The van der Waals surface area contributed by atoms with Gasteiger partial charge in [-0.3, -0.25) is 4.79 Å². The molecule has 1 saturated heterocycles. The second kappa shape index (κ2) is 7.09. The minimum Gasteiger partial charge on any atom is -0.376 e. The van der Waals surface area contributed by atoms with Crippen molar-refractivity contribution in [3.05, 3.63) is 22.8 Å². The Labute approximate surface area is 130 Å². The molecule has 6 heteroatoms. The Bertz CT molecular complexity index is 510. The average Bonchev–Trinajstić information content (AvgIpc) is 2.89. The maximum absolute atomic E-state index is 12.6. The van der Waals surface area contributed by atoms with Gasteiger partial charge in [-0.25, -0.2) is 4.98 Å². The molecule has 1 amide bonds. The fourth-order valence-corrected chi connectivity index (χ4v) is 2.76. The predicted octanol–water partition coefficient (Wildman–Crippen LogP) is 2.81. The van der Waals surface area contributed by atoms with Crippen molar-refractivity contribution < 1.29 is 9.53 Å². The monoisotopic (exact) mass is 311 g/mol. The molecule has 1 aromatic heterocycles. The number of likely N-dealkylation sites (N-methyl/N-ethyl adjacent to an activating group) is 1. The highest BCUT2D eigenvalue weighted by molar-refractivity contribution is 6.29. The minimum atomic E-state index is -0.0544. The van der Waals surface area contributed by atoms with Crippen LogP contribution in [0.2, 0.25) is 5.15 Å². The molecule has 0 saturated carbocycles. The van der Waals surface area contributed by atoms with Gasteiger partial charge in [0.25, 0.3) is 5.91 Å². The Morgan fingerprint density at radius 1 is 1.57 bits per heavy atom. The summed E-state index contributed by atoms with van der Waals surface area (Å²) in [6.07, 6.45) is 1.91. The number of halogens is 1. The van der Waals surface area contributed by atoms with Gasteiger partial charge in [0.15, 0.2) is 0 Å². The molecule has 2 rings (SSSR count). The van der Waals surface area contributed by atoms with E-state index in [0.29, 0.717) is 23.1 Å². The van der Waals surface area contributed by atoms with Gasteiger partial charge in [-0.05, 0) is 31.9 Å². The van der Waals surface area contributed by atoms with E-state index < -0.39 is 0 Å². The third kappa shape index (κ3) is 3.86. The smallest absolute Gasteiger partial charge is 0.254 e. The standard InChI is InChI=1S/C15H22ClN3O2/c1-4-6-17-14-9-11(8-13(16)18-14)15(20)19(3)12-5-7-21-10(12)2/h8-10,12H,4-7H2,1-3H3,(H,17,18). The van der Waals surface area contributed by atoms with Crippen LogP contribution >= 0.6 is 11.6 Å². The van der Waals surface area contributed by atoms with Crippen molar-refractivity contribution >= 4 is 23.3 Å². The Morgan fingerprint density at radius 3 is 2.95 bits per heavy atom. The zero-order valence-electron chi connectivity index (χ0n) is 12.7. The number of nitrogens with one attached hydrogen (secondary N) is 1. The summed E-state index contributed by atoms with van der Waals surface area (Å²) in [6, 6.07) is 3.47. The predicted molar refractivity (Wildman–Crippen MR) is 83.9 cm³/mol. The molecule has 0 radical (unpaired) electrons. The number of rotatable bonds is 5. The SMILES string of the molecule is CCCNc1cc(C(=O)N(C)C2CCOC2C)cc(Cl)n1. The fourth-order valence-electron chi connectivity index (χ4n) is 2.55. The molecule has 21 heavy (non-hydrogen) atoms. The molecule has 2 heterocycles. The highest BCUT2D eigenvalue weighted by atomic mass is 35.5. The second-order valence-electron chi connectivity index (χ2n) is 5.34. The van der Waals surface area contributed by atoms with E-state index in [1.165, 1.54) is 0 Å². The van der Waals surface area contributed by atoms with E-state index in [1.807, 2.05) is 14.0 Å². The Kier molecular flexibility index (Phi) is 5.42. The van der Waals surface area contributed by atoms with Crippen LogP contribution in [-0.4, -0.2) is 48.1 Å². The van der Waals surface area contributed by atoms with Crippen molar-refractivity contribution in [3.63, 3.8) is 0 Å². The highest BCUT2D eigenvalue weighted by Crippen LogP contribution is 2.22. The number of nitrogens with zero attached hydrogens (tertiary/aromatic N) is 2. The van der Waals surface area contributed by atoms with Crippen molar-refractivity contribution in [3.8, 4) is 0 Å². The number of hydrogen-bond acceptors (Lipinski definition) is 4. The van der Waals surface area contributed by atoms with Crippen molar-refractivity contribution in [1.82, 2.24) is 9.88 Å². The van der Waals surface area contributed by atoms with Gasteiger partial charge in [0.2, 0.25) is 0 Å². The maximum Gasteiger partial charge on any atom is 0.254 e. The molecule has 2 atom stereocenters. The number of ether oxygens (including phenoxy) is 1. The Morgan fingerprint density at radius 2 is 2.33 bits per heavy atom. The molecule has 0 spiro atoms. The molecule has 1 fully saturated rings. The second-order valence-corrected chi connectivity index (χ2v) is 5.73. The van der Waals surface area contributed by atoms with Crippen molar-refractivity contribution in [2.24, 2.45) is 0 Å². The lowest BCUT2D eigenvalue weighted by Crippen LogP contribution is -2.41. The molecule has 1 aliphatic heterocycles. The molecular formula is C15H22ClN3O2. The first-order chi connectivity index (χ1) is 10.0. The first kappa shape index (κ1) is 16.0. The van der Waals surface area contributed by atoms with Gasteiger partial charge in [0.1, 0.15) is 11.0 Å². The topological polar surface area (TPSA) is 54.5 Å². The largest absolute Gasteiger partial charge is 0.376 e. The van der Waals surface area contributed by atoms with Gasteiger partial charge < -0.3 is 15.0 Å². The quantitative estimate of drug-likeness (QED) is 0.850. The van der Waals surface area contributed by atoms with Crippen LogP contribution < -0.4 is 5.32 Å². The minimum absolute atomic E-state index is 0.0544. The maximum atomic E-state index is 12.6. The van der Waals surface area contributed by atoms with Crippen LogP contribution in [0.3, 0.4) is 0 Å². The van der Waals surface area contributed by atoms with Crippen molar-refractivity contribution in [2.45, 2.75) is 38.8 Å². The normalized spacial score (nSPS) is 21.3.